The molecule has 0 amide bonds. The molecule has 3 heteroatoms. The van der Waals surface area contributed by atoms with Gasteiger partial charge in [0.1, 0.15) is 0 Å². The third-order valence-corrected chi connectivity index (χ3v) is 3.30. The molecule has 94 valence electrons. The van der Waals surface area contributed by atoms with Crippen molar-refractivity contribution < 1.29 is 4.74 Å². The highest BCUT2D eigenvalue weighted by molar-refractivity contribution is 5.36. The molecule has 2 heterocycles. The van der Waals surface area contributed by atoms with Gasteiger partial charge in [0, 0.05) is 12.2 Å². The average molecular weight is 234 g/mol. The van der Waals surface area contributed by atoms with Crippen LogP contribution in [-0.2, 0) is 17.8 Å². The highest BCUT2D eigenvalue weighted by Crippen LogP contribution is 2.29. The van der Waals surface area contributed by atoms with Gasteiger partial charge in [-0.2, -0.15) is 10.2 Å². The predicted molar refractivity (Wildman–Crippen MR) is 68.2 cm³/mol. The van der Waals surface area contributed by atoms with Crippen molar-refractivity contribution in [3.05, 3.63) is 22.5 Å². The summed E-state index contributed by atoms with van der Waals surface area (Å²) in [6, 6.07) is 0. The van der Waals surface area contributed by atoms with Crippen molar-refractivity contribution >= 4 is 0 Å². The lowest BCUT2D eigenvalue weighted by atomic mass is 9.93. The Hall–Kier alpha value is -0.960. The van der Waals surface area contributed by atoms with Gasteiger partial charge in [0.15, 0.2) is 0 Å². The fraction of sp³-hybridized carbons (Fsp3) is 0.714. The second-order valence-electron chi connectivity index (χ2n) is 5.39. The molecule has 17 heavy (non-hydrogen) atoms. The van der Waals surface area contributed by atoms with E-state index in [0.717, 1.165) is 30.8 Å². The lowest BCUT2D eigenvalue weighted by Crippen LogP contribution is -2.11. The van der Waals surface area contributed by atoms with Gasteiger partial charge in [-0.3, -0.25) is 0 Å². The fourth-order valence-corrected chi connectivity index (χ4v) is 2.43. The second-order valence-corrected chi connectivity index (χ2v) is 5.39. The molecule has 0 fully saturated rings. The highest BCUT2D eigenvalue weighted by atomic mass is 16.5. The number of aromatic nitrogens is 2. The topological polar surface area (TPSA) is 35.0 Å². The molecule has 0 aromatic carbocycles. The molecular formula is C14H22N2O. The molecule has 1 aromatic rings. The molecule has 0 N–H and O–H groups in total. The third-order valence-electron chi connectivity index (χ3n) is 3.30. The van der Waals surface area contributed by atoms with E-state index < -0.39 is 0 Å². The van der Waals surface area contributed by atoms with Gasteiger partial charge < -0.3 is 4.74 Å². The monoisotopic (exact) mass is 234 g/mol. The average Bonchev–Trinajstić information content (AvgIpc) is 2.52. The predicted octanol–water partition coefficient (Wildman–Crippen LogP) is 3.19. The Labute approximate surface area is 104 Å². The summed E-state index contributed by atoms with van der Waals surface area (Å²) in [6.07, 6.45) is 2.17. The maximum atomic E-state index is 5.68. The second kappa shape index (κ2) is 5.13. The fourth-order valence-electron chi connectivity index (χ4n) is 2.43. The van der Waals surface area contributed by atoms with E-state index in [4.69, 9.17) is 4.74 Å². The Morgan fingerprint density at radius 3 is 2.12 bits per heavy atom. The minimum absolute atomic E-state index is 0.416. The maximum Gasteiger partial charge on any atom is 0.0738 e. The highest BCUT2D eigenvalue weighted by Gasteiger charge is 2.21. The minimum atomic E-state index is 0.416. The molecule has 0 saturated carbocycles. The molecule has 0 atom stereocenters. The molecule has 0 saturated heterocycles. The largest absolute Gasteiger partial charge is 0.377 e. The van der Waals surface area contributed by atoms with Gasteiger partial charge >= 0.3 is 0 Å². The molecule has 0 bridgehead atoms. The summed E-state index contributed by atoms with van der Waals surface area (Å²) in [5, 5.41) is 8.87. The van der Waals surface area contributed by atoms with E-state index in [9.17, 15) is 0 Å². The molecule has 3 nitrogen and oxygen atoms in total. The standard InChI is InChI=1S/C14H22N2O/c1-9(2)13-11-6-5-7-17-8-12(11)14(10(3)4)16-15-13/h9-10H,5-8H2,1-4H3. The lowest BCUT2D eigenvalue weighted by molar-refractivity contribution is 0.124. The molecule has 0 unspecified atom stereocenters. The van der Waals surface area contributed by atoms with Gasteiger partial charge in [-0.1, -0.05) is 27.7 Å². The van der Waals surface area contributed by atoms with Crippen LogP contribution >= 0.6 is 0 Å². The lowest BCUT2D eigenvalue weighted by Gasteiger charge is -2.17. The quantitative estimate of drug-likeness (QED) is 0.788. The molecule has 1 aromatic heterocycles. The van der Waals surface area contributed by atoms with Crippen LogP contribution in [0.3, 0.4) is 0 Å². The Kier molecular flexibility index (Phi) is 3.77. The van der Waals surface area contributed by atoms with Crippen LogP contribution in [0.1, 0.15) is 68.5 Å². The van der Waals surface area contributed by atoms with Crippen LogP contribution in [0.15, 0.2) is 0 Å². The molecule has 1 aliphatic heterocycles. The minimum Gasteiger partial charge on any atom is -0.377 e. The number of ether oxygens (including phenoxy) is 1. The van der Waals surface area contributed by atoms with Crippen LogP contribution in [0.5, 0.6) is 0 Å². The van der Waals surface area contributed by atoms with E-state index >= 15 is 0 Å². The van der Waals surface area contributed by atoms with Crippen molar-refractivity contribution in [1.29, 1.82) is 0 Å². The SMILES string of the molecule is CC(C)c1nnc(C(C)C)c2c1CCCOC2. The number of rotatable bonds is 2. The molecule has 2 rings (SSSR count). The van der Waals surface area contributed by atoms with Crippen molar-refractivity contribution in [2.24, 2.45) is 0 Å². The first-order chi connectivity index (χ1) is 8.11. The van der Waals surface area contributed by atoms with Crippen LogP contribution in [0, 0.1) is 0 Å². The summed E-state index contributed by atoms with van der Waals surface area (Å²) in [6.45, 7) is 10.3. The van der Waals surface area contributed by atoms with Gasteiger partial charge in [0.25, 0.3) is 0 Å². The van der Waals surface area contributed by atoms with Gasteiger partial charge in [-0.05, 0) is 30.2 Å². The van der Waals surface area contributed by atoms with Gasteiger partial charge in [-0.15, -0.1) is 0 Å². The molecule has 0 spiro atoms. The maximum absolute atomic E-state index is 5.68. The molecule has 0 aliphatic carbocycles. The van der Waals surface area contributed by atoms with Crippen LogP contribution in [-0.4, -0.2) is 16.8 Å². The zero-order chi connectivity index (χ0) is 12.4. The first-order valence-corrected chi connectivity index (χ1v) is 6.57. The van der Waals surface area contributed by atoms with Crippen LogP contribution in [0.4, 0.5) is 0 Å². The van der Waals surface area contributed by atoms with Gasteiger partial charge in [0.05, 0.1) is 18.0 Å². The normalized spacial score (nSPS) is 16.1. The first kappa shape index (κ1) is 12.5. The summed E-state index contributed by atoms with van der Waals surface area (Å²) in [4.78, 5) is 0. The van der Waals surface area contributed by atoms with Crippen molar-refractivity contribution in [1.82, 2.24) is 10.2 Å². The smallest absolute Gasteiger partial charge is 0.0738 e. The zero-order valence-electron chi connectivity index (χ0n) is 11.3. The van der Waals surface area contributed by atoms with E-state index in [1.807, 2.05) is 0 Å². The summed E-state index contributed by atoms with van der Waals surface area (Å²) in [5.41, 5.74) is 4.98. The number of hydrogen-bond acceptors (Lipinski definition) is 3. The van der Waals surface area contributed by atoms with Crippen molar-refractivity contribution in [3.8, 4) is 0 Å². The summed E-state index contributed by atoms with van der Waals surface area (Å²) >= 11 is 0. The van der Waals surface area contributed by atoms with Gasteiger partial charge in [-0.25, -0.2) is 0 Å². The Morgan fingerprint density at radius 2 is 1.53 bits per heavy atom. The molecule has 1 aliphatic rings. The third kappa shape index (κ3) is 2.49. The Bertz CT molecular complexity index is 362. The van der Waals surface area contributed by atoms with E-state index in [-0.39, 0.29) is 0 Å². The molecule has 0 radical (unpaired) electrons. The Morgan fingerprint density at radius 1 is 0.941 bits per heavy atom. The van der Waals surface area contributed by atoms with Crippen molar-refractivity contribution in [2.75, 3.05) is 6.61 Å². The number of nitrogens with zero attached hydrogens (tertiary/aromatic N) is 2. The van der Waals surface area contributed by atoms with E-state index in [2.05, 4.69) is 37.9 Å². The van der Waals surface area contributed by atoms with Gasteiger partial charge in [0.2, 0.25) is 0 Å². The van der Waals surface area contributed by atoms with Crippen molar-refractivity contribution in [2.45, 2.75) is 59.0 Å². The Balaban J connectivity index is 2.54. The van der Waals surface area contributed by atoms with E-state index in [0.29, 0.717) is 18.4 Å². The first-order valence-electron chi connectivity index (χ1n) is 6.57. The van der Waals surface area contributed by atoms with E-state index in [1.165, 1.54) is 11.1 Å². The van der Waals surface area contributed by atoms with E-state index in [1.54, 1.807) is 0 Å². The van der Waals surface area contributed by atoms with Crippen LogP contribution in [0.2, 0.25) is 0 Å². The molecular weight excluding hydrogens is 212 g/mol. The van der Waals surface area contributed by atoms with Crippen LogP contribution in [0.25, 0.3) is 0 Å². The summed E-state index contributed by atoms with van der Waals surface area (Å²) in [5.74, 6) is 0.856. The summed E-state index contributed by atoms with van der Waals surface area (Å²) in [7, 11) is 0. The number of fused-ring (bicyclic) bond motifs is 1. The summed E-state index contributed by atoms with van der Waals surface area (Å²) < 4.78 is 5.68. The van der Waals surface area contributed by atoms with Crippen LogP contribution < -0.4 is 0 Å². The number of hydrogen-bond donors (Lipinski definition) is 0. The zero-order valence-corrected chi connectivity index (χ0v) is 11.3. The van der Waals surface area contributed by atoms with Crippen molar-refractivity contribution in [3.63, 3.8) is 0 Å².